The topological polar surface area (TPSA) is 162 Å². The summed E-state index contributed by atoms with van der Waals surface area (Å²) in [6.45, 7) is 7.50. The summed E-state index contributed by atoms with van der Waals surface area (Å²) >= 11 is 0. The number of hydrogen-bond donors (Lipinski definition) is 3. The number of ether oxygens (including phenoxy) is 3. The van der Waals surface area contributed by atoms with Crippen molar-refractivity contribution in [2.24, 2.45) is 17.1 Å². The van der Waals surface area contributed by atoms with Crippen LogP contribution in [0.2, 0.25) is 0 Å². The zero-order valence-electron chi connectivity index (χ0n) is 25.1. The van der Waals surface area contributed by atoms with Gasteiger partial charge in [-0.15, -0.1) is 0 Å². The van der Waals surface area contributed by atoms with Crippen molar-refractivity contribution in [1.82, 2.24) is 20.7 Å². The van der Waals surface area contributed by atoms with E-state index in [1.807, 2.05) is 37.3 Å². The van der Waals surface area contributed by atoms with E-state index in [1.165, 1.54) is 11.9 Å². The Labute approximate surface area is 251 Å². The van der Waals surface area contributed by atoms with E-state index in [2.05, 4.69) is 15.7 Å². The monoisotopic (exact) mass is 595 g/mol. The van der Waals surface area contributed by atoms with Gasteiger partial charge in [-0.25, -0.2) is 5.43 Å². The minimum Gasteiger partial charge on any atom is -0.451 e. The highest BCUT2D eigenvalue weighted by Gasteiger charge is 2.43. The number of hydrogen-bond acceptors (Lipinski definition) is 9. The lowest BCUT2D eigenvalue weighted by Gasteiger charge is -2.35. The van der Waals surface area contributed by atoms with Crippen LogP contribution in [0, 0.1) is 11.3 Å². The van der Waals surface area contributed by atoms with Crippen LogP contribution in [0.4, 0.5) is 0 Å². The van der Waals surface area contributed by atoms with E-state index >= 15 is 0 Å². The molecule has 3 atom stereocenters. The van der Waals surface area contributed by atoms with Crippen LogP contribution in [-0.2, 0) is 39.8 Å². The lowest BCUT2D eigenvalue weighted by Crippen LogP contribution is -2.61. The molecule has 4 N–H and O–H groups in total. The van der Waals surface area contributed by atoms with Crippen molar-refractivity contribution in [1.29, 1.82) is 0 Å². The largest absolute Gasteiger partial charge is 0.451 e. The fourth-order valence-electron chi connectivity index (χ4n) is 5.03. The lowest BCUT2D eigenvalue weighted by atomic mass is 9.88. The Morgan fingerprint density at radius 3 is 2.58 bits per heavy atom. The molecule has 0 bridgehead atoms. The van der Waals surface area contributed by atoms with Crippen LogP contribution in [0.5, 0.6) is 0 Å². The fourth-order valence-corrected chi connectivity index (χ4v) is 5.03. The highest BCUT2D eigenvalue weighted by atomic mass is 16.7. The molecule has 3 amide bonds. The number of primary amides is 1. The second kappa shape index (κ2) is 14.1. The molecule has 3 heterocycles. The summed E-state index contributed by atoms with van der Waals surface area (Å²) in [5.41, 5.74) is 9.57. The number of hydrazine groups is 1. The number of carbonyl (C=O) groups is 4. The van der Waals surface area contributed by atoms with Gasteiger partial charge < -0.3 is 25.3 Å². The van der Waals surface area contributed by atoms with Crippen LogP contribution < -0.4 is 16.5 Å². The molecule has 43 heavy (non-hydrogen) atoms. The molecule has 232 valence electrons. The minimum atomic E-state index is -1.29. The van der Waals surface area contributed by atoms with Gasteiger partial charge in [0.25, 0.3) is 11.8 Å². The molecule has 2 aliphatic rings. The van der Waals surface area contributed by atoms with Crippen molar-refractivity contribution in [2.75, 3.05) is 26.6 Å². The third-order valence-corrected chi connectivity index (χ3v) is 7.65. The molecular formula is C31H41N5O7. The minimum absolute atomic E-state index is 0.0110. The molecule has 12 nitrogen and oxygen atoms in total. The first-order valence-corrected chi connectivity index (χ1v) is 14.7. The number of nitrogens with two attached hydrogens (primary N) is 1. The lowest BCUT2D eigenvalue weighted by molar-refractivity contribution is -0.192. The highest BCUT2D eigenvalue weighted by Crippen LogP contribution is 2.29. The molecular weight excluding hydrogens is 554 g/mol. The van der Waals surface area contributed by atoms with Gasteiger partial charge in [-0.3, -0.25) is 29.2 Å². The smallest absolute Gasteiger partial charge is 0.321 e. The van der Waals surface area contributed by atoms with Gasteiger partial charge in [0.2, 0.25) is 5.91 Å². The molecule has 2 fully saturated rings. The maximum atomic E-state index is 13.7. The molecule has 0 saturated carbocycles. The SMILES string of the molecule is CCc1ccc2ccc(/C=C/C3(C(=O)OC(C(=O)NC(C)C(=O)N4CCCC(C(N)=O)N4)C(C)C)COCOC3)cc2n1. The van der Waals surface area contributed by atoms with E-state index in [-0.39, 0.29) is 20.0 Å². The van der Waals surface area contributed by atoms with Crippen molar-refractivity contribution in [3.05, 3.63) is 47.7 Å². The number of pyridine rings is 1. The quantitative estimate of drug-likeness (QED) is 0.348. The Morgan fingerprint density at radius 2 is 1.91 bits per heavy atom. The van der Waals surface area contributed by atoms with E-state index in [9.17, 15) is 19.2 Å². The van der Waals surface area contributed by atoms with E-state index < -0.39 is 53.2 Å². The number of esters is 1. The van der Waals surface area contributed by atoms with Gasteiger partial charge >= 0.3 is 5.97 Å². The average Bonchev–Trinajstić information content (AvgIpc) is 3.01. The molecule has 3 unspecified atom stereocenters. The van der Waals surface area contributed by atoms with Crippen LogP contribution in [0.3, 0.4) is 0 Å². The fraction of sp³-hybridized carbons (Fsp3) is 0.516. The first-order valence-electron chi connectivity index (χ1n) is 14.7. The molecule has 2 aromatic rings. The van der Waals surface area contributed by atoms with Crippen LogP contribution in [0.1, 0.15) is 51.8 Å². The van der Waals surface area contributed by atoms with Gasteiger partial charge in [0.15, 0.2) is 6.10 Å². The number of aryl methyl sites for hydroxylation is 1. The molecule has 12 heteroatoms. The zero-order chi connectivity index (χ0) is 31.1. The Kier molecular flexibility index (Phi) is 10.5. The Hall–Kier alpha value is -3.87. The van der Waals surface area contributed by atoms with Gasteiger partial charge in [0, 0.05) is 17.6 Å². The van der Waals surface area contributed by atoms with Crippen molar-refractivity contribution in [3.8, 4) is 0 Å². The van der Waals surface area contributed by atoms with E-state index in [0.29, 0.717) is 19.4 Å². The van der Waals surface area contributed by atoms with Gasteiger partial charge in [-0.1, -0.05) is 51.1 Å². The van der Waals surface area contributed by atoms with Gasteiger partial charge in [-0.2, -0.15) is 0 Å². The molecule has 2 saturated heterocycles. The first-order chi connectivity index (χ1) is 20.5. The molecule has 1 aromatic carbocycles. The second-order valence-corrected chi connectivity index (χ2v) is 11.4. The molecule has 4 rings (SSSR count). The molecule has 0 radical (unpaired) electrons. The van der Waals surface area contributed by atoms with Crippen LogP contribution in [-0.4, -0.2) is 78.4 Å². The number of nitrogens with one attached hydrogen (secondary N) is 2. The number of amides is 3. The average molecular weight is 596 g/mol. The molecule has 0 aliphatic carbocycles. The Balaban J connectivity index is 1.47. The summed E-state index contributed by atoms with van der Waals surface area (Å²) in [6, 6.07) is 8.27. The number of nitrogens with zero attached hydrogens (tertiary/aromatic N) is 2. The third-order valence-electron chi connectivity index (χ3n) is 7.65. The summed E-state index contributed by atoms with van der Waals surface area (Å²) < 4.78 is 16.8. The van der Waals surface area contributed by atoms with Crippen LogP contribution >= 0.6 is 0 Å². The number of rotatable bonds is 10. The standard InChI is InChI=1S/C31H41N5O7/c1-5-23-11-10-22-9-8-21(15-25(22)34-23)12-13-31(16-41-18-42-17-31)30(40)43-26(19(2)3)28(38)33-20(4)29(39)36-14-6-7-24(35-36)27(32)37/h8-13,15,19-20,24,26,35H,5-7,14,16-18H2,1-4H3,(H2,32,37)(H,33,38)/b13-12+. The highest BCUT2D eigenvalue weighted by molar-refractivity contribution is 5.91. The number of aromatic nitrogens is 1. The second-order valence-electron chi connectivity index (χ2n) is 11.4. The summed E-state index contributed by atoms with van der Waals surface area (Å²) in [5, 5.41) is 4.96. The number of fused-ring (bicyclic) bond motifs is 1. The predicted octanol–water partition coefficient (Wildman–Crippen LogP) is 1.85. The number of benzene rings is 1. The predicted molar refractivity (Wildman–Crippen MR) is 159 cm³/mol. The molecule has 2 aliphatic heterocycles. The third kappa shape index (κ3) is 7.75. The van der Waals surface area contributed by atoms with E-state index in [4.69, 9.17) is 19.9 Å². The number of carbonyl (C=O) groups excluding carboxylic acids is 4. The van der Waals surface area contributed by atoms with Crippen molar-refractivity contribution < 1.29 is 33.4 Å². The van der Waals surface area contributed by atoms with E-state index in [0.717, 1.165) is 28.6 Å². The summed E-state index contributed by atoms with van der Waals surface area (Å²) in [6.07, 6.45) is 4.25. The van der Waals surface area contributed by atoms with Crippen molar-refractivity contribution in [3.63, 3.8) is 0 Å². The maximum Gasteiger partial charge on any atom is 0.321 e. The van der Waals surface area contributed by atoms with Gasteiger partial charge in [0.1, 0.15) is 24.3 Å². The Bertz CT molecular complexity index is 1370. The summed E-state index contributed by atoms with van der Waals surface area (Å²) in [4.78, 5) is 56.2. The maximum absolute atomic E-state index is 13.7. The molecule has 1 aromatic heterocycles. The van der Waals surface area contributed by atoms with Crippen LogP contribution in [0.25, 0.3) is 17.0 Å². The van der Waals surface area contributed by atoms with Crippen LogP contribution in [0.15, 0.2) is 36.4 Å². The van der Waals surface area contributed by atoms with Crippen molar-refractivity contribution >= 4 is 40.7 Å². The normalized spacial score (nSPS) is 20.1. The van der Waals surface area contributed by atoms with E-state index in [1.54, 1.807) is 26.0 Å². The Morgan fingerprint density at radius 1 is 1.19 bits per heavy atom. The zero-order valence-corrected chi connectivity index (χ0v) is 25.1. The molecule has 0 spiro atoms. The van der Waals surface area contributed by atoms with Crippen molar-refractivity contribution in [2.45, 2.75) is 65.1 Å². The first kappa shape index (κ1) is 32.1. The summed E-state index contributed by atoms with van der Waals surface area (Å²) in [5.74, 6) is -2.67. The van der Waals surface area contributed by atoms with Gasteiger partial charge in [-0.05, 0) is 49.8 Å². The summed E-state index contributed by atoms with van der Waals surface area (Å²) in [7, 11) is 0. The van der Waals surface area contributed by atoms with Gasteiger partial charge in [0.05, 0.1) is 18.7 Å².